The number of fused-ring (bicyclic) bond motifs is 1. The Bertz CT molecular complexity index is 959. The largest absolute Gasteiger partial charge is 0.493 e. The van der Waals surface area contributed by atoms with Crippen molar-refractivity contribution < 1.29 is 5.11 Å². The Balaban J connectivity index is 1.94. The number of thiophene rings is 1. The van der Waals surface area contributed by atoms with Crippen LogP contribution in [0.1, 0.15) is 0 Å². The highest BCUT2D eigenvalue weighted by molar-refractivity contribution is 7.17. The highest BCUT2D eigenvalue weighted by Gasteiger charge is 2.17. The van der Waals surface area contributed by atoms with Crippen LogP contribution in [0.5, 0.6) is 5.88 Å². The van der Waals surface area contributed by atoms with Gasteiger partial charge in [0, 0.05) is 30.4 Å². The van der Waals surface area contributed by atoms with Crippen LogP contribution in [0.4, 0.5) is 0 Å². The summed E-state index contributed by atoms with van der Waals surface area (Å²) in [6.07, 6.45) is 3.51. The van der Waals surface area contributed by atoms with Gasteiger partial charge < -0.3 is 9.67 Å². The maximum atomic E-state index is 10.4. The molecule has 0 amide bonds. The van der Waals surface area contributed by atoms with Gasteiger partial charge in [-0.1, -0.05) is 30.3 Å². The number of benzene rings is 1. The van der Waals surface area contributed by atoms with Crippen LogP contribution in [-0.4, -0.2) is 24.6 Å². The third kappa shape index (κ3) is 1.96. The second-order valence-corrected chi connectivity index (χ2v) is 5.79. The van der Waals surface area contributed by atoms with Gasteiger partial charge in [-0.2, -0.15) is 4.98 Å². The van der Waals surface area contributed by atoms with E-state index in [1.54, 1.807) is 6.20 Å². The molecule has 3 heterocycles. The fraction of sp³-hybridized carbons (Fsp3) is 0.0625. The van der Waals surface area contributed by atoms with Crippen molar-refractivity contribution >= 4 is 21.6 Å². The molecule has 0 unspecified atom stereocenters. The van der Waals surface area contributed by atoms with Crippen molar-refractivity contribution in [3.05, 3.63) is 48.1 Å². The van der Waals surface area contributed by atoms with Crippen LogP contribution in [0.15, 0.2) is 48.1 Å². The van der Waals surface area contributed by atoms with E-state index >= 15 is 0 Å². The molecule has 0 saturated heterocycles. The molecule has 0 atom stereocenters. The molecule has 0 spiro atoms. The zero-order chi connectivity index (χ0) is 15.1. The lowest BCUT2D eigenvalue weighted by Gasteiger charge is -2.04. The summed E-state index contributed by atoms with van der Waals surface area (Å²) in [6, 6.07) is 9.92. The van der Waals surface area contributed by atoms with Gasteiger partial charge >= 0.3 is 0 Å². The molecule has 6 heteroatoms. The fourth-order valence-electron chi connectivity index (χ4n) is 2.43. The van der Waals surface area contributed by atoms with E-state index in [9.17, 15) is 5.11 Å². The molecule has 0 fully saturated rings. The zero-order valence-electron chi connectivity index (χ0n) is 11.8. The predicted molar refractivity (Wildman–Crippen MR) is 86.7 cm³/mol. The van der Waals surface area contributed by atoms with Gasteiger partial charge in [0.1, 0.15) is 4.83 Å². The summed E-state index contributed by atoms with van der Waals surface area (Å²) in [5.74, 6) is 1.05. The van der Waals surface area contributed by atoms with Gasteiger partial charge in [-0.15, -0.1) is 11.3 Å². The summed E-state index contributed by atoms with van der Waals surface area (Å²) in [5.41, 5.74) is 1.99. The minimum atomic E-state index is -0.0110. The Morgan fingerprint density at radius 3 is 2.68 bits per heavy atom. The van der Waals surface area contributed by atoms with E-state index in [1.807, 2.05) is 53.5 Å². The van der Waals surface area contributed by atoms with Crippen LogP contribution in [0.2, 0.25) is 0 Å². The molecule has 1 aromatic carbocycles. The predicted octanol–water partition coefficient (Wildman–Crippen LogP) is 3.46. The van der Waals surface area contributed by atoms with Crippen LogP contribution in [-0.2, 0) is 7.05 Å². The number of aryl methyl sites for hydroxylation is 1. The van der Waals surface area contributed by atoms with Gasteiger partial charge in [0.15, 0.2) is 5.82 Å². The maximum absolute atomic E-state index is 10.4. The average molecular weight is 308 g/mol. The van der Waals surface area contributed by atoms with Gasteiger partial charge in [0.25, 0.3) is 0 Å². The molecule has 0 saturated carbocycles. The first-order valence-corrected chi connectivity index (χ1v) is 7.63. The molecule has 5 nitrogen and oxygen atoms in total. The number of aromatic nitrogens is 4. The highest BCUT2D eigenvalue weighted by atomic mass is 32.1. The second kappa shape index (κ2) is 4.92. The third-order valence-electron chi connectivity index (χ3n) is 3.52. The van der Waals surface area contributed by atoms with Crippen LogP contribution in [0.3, 0.4) is 0 Å². The average Bonchev–Trinajstić information content (AvgIpc) is 3.14. The number of aromatic hydroxyl groups is 1. The van der Waals surface area contributed by atoms with E-state index in [4.69, 9.17) is 0 Å². The molecule has 0 radical (unpaired) electrons. The van der Waals surface area contributed by atoms with Crippen molar-refractivity contribution in [1.29, 1.82) is 0 Å². The van der Waals surface area contributed by atoms with E-state index in [1.165, 1.54) is 11.3 Å². The Labute approximate surface area is 130 Å². The lowest BCUT2D eigenvalue weighted by Crippen LogP contribution is -1.97. The van der Waals surface area contributed by atoms with Gasteiger partial charge in [-0.05, 0) is 5.56 Å². The van der Waals surface area contributed by atoms with Crippen molar-refractivity contribution in [2.45, 2.75) is 0 Å². The molecule has 4 rings (SSSR count). The molecule has 22 heavy (non-hydrogen) atoms. The topological polar surface area (TPSA) is 63.8 Å². The van der Waals surface area contributed by atoms with Gasteiger partial charge in [0.2, 0.25) is 11.7 Å². The number of hydrogen-bond acceptors (Lipinski definition) is 5. The van der Waals surface area contributed by atoms with Gasteiger partial charge in [-0.25, -0.2) is 9.97 Å². The molecular weight excluding hydrogens is 296 g/mol. The first-order valence-electron chi connectivity index (χ1n) is 6.75. The number of nitrogens with zero attached hydrogens (tertiary/aromatic N) is 4. The van der Waals surface area contributed by atoms with E-state index in [-0.39, 0.29) is 5.88 Å². The molecule has 1 N–H and O–H groups in total. The first-order chi connectivity index (χ1) is 10.7. The third-order valence-corrected chi connectivity index (χ3v) is 4.39. The molecule has 0 aliphatic rings. The SMILES string of the molecule is Cn1ccnc1-c1nc(O)c2c(-c3ccccc3)csc2n1. The van der Waals surface area contributed by atoms with Crippen molar-refractivity contribution in [2.24, 2.45) is 7.05 Å². The lowest BCUT2D eigenvalue weighted by molar-refractivity contribution is 0.460. The molecule has 3 aromatic heterocycles. The molecule has 0 bridgehead atoms. The smallest absolute Gasteiger partial charge is 0.224 e. The first kappa shape index (κ1) is 13.0. The van der Waals surface area contributed by atoms with Crippen LogP contribution < -0.4 is 0 Å². The molecule has 0 aliphatic heterocycles. The van der Waals surface area contributed by atoms with Crippen molar-refractivity contribution in [2.75, 3.05) is 0 Å². The Morgan fingerprint density at radius 2 is 1.95 bits per heavy atom. The summed E-state index contributed by atoms with van der Waals surface area (Å²) in [7, 11) is 1.87. The van der Waals surface area contributed by atoms with Crippen molar-refractivity contribution in [3.8, 4) is 28.7 Å². The molecular formula is C16H12N4OS. The van der Waals surface area contributed by atoms with Crippen LogP contribution >= 0.6 is 11.3 Å². The summed E-state index contributed by atoms with van der Waals surface area (Å²) in [5, 5.41) is 13.1. The van der Waals surface area contributed by atoms with Crippen molar-refractivity contribution in [1.82, 2.24) is 19.5 Å². The van der Waals surface area contributed by atoms with E-state index < -0.39 is 0 Å². The number of hydrogen-bond donors (Lipinski definition) is 1. The standard InChI is InChI=1S/C16H12N4OS/c1-20-8-7-17-14(20)13-18-15(21)12-11(9-22-16(12)19-13)10-5-3-2-4-6-10/h2-9H,1H3,(H,18,19,21). The zero-order valence-corrected chi connectivity index (χ0v) is 12.6. The second-order valence-electron chi connectivity index (χ2n) is 4.93. The molecule has 4 aromatic rings. The monoisotopic (exact) mass is 308 g/mol. The van der Waals surface area contributed by atoms with Gasteiger partial charge in [-0.3, -0.25) is 0 Å². The lowest BCUT2D eigenvalue weighted by atomic mass is 10.1. The minimum absolute atomic E-state index is 0.0110. The normalized spacial score (nSPS) is 11.1. The summed E-state index contributed by atoms with van der Waals surface area (Å²) < 4.78 is 1.83. The van der Waals surface area contributed by atoms with Crippen LogP contribution in [0, 0.1) is 0 Å². The van der Waals surface area contributed by atoms with E-state index in [0.717, 1.165) is 16.0 Å². The minimum Gasteiger partial charge on any atom is -0.493 e. The molecule has 108 valence electrons. The highest BCUT2D eigenvalue weighted by Crippen LogP contribution is 2.38. The fourth-order valence-corrected chi connectivity index (χ4v) is 3.38. The van der Waals surface area contributed by atoms with Gasteiger partial charge in [0.05, 0.1) is 5.39 Å². The number of rotatable bonds is 2. The summed E-state index contributed by atoms with van der Waals surface area (Å²) in [6.45, 7) is 0. The summed E-state index contributed by atoms with van der Waals surface area (Å²) >= 11 is 1.49. The van der Waals surface area contributed by atoms with E-state index in [0.29, 0.717) is 17.0 Å². The molecule has 0 aliphatic carbocycles. The summed E-state index contributed by atoms with van der Waals surface area (Å²) in [4.78, 5) is 13.8. The van der Waals surface area contributed by atoms with Crippen LogP contribution in [0.25, 0.3) is 33.0 Å². The Morgan fingerprint density at radius 1 is 1.14 bits per heavy atom. The van der Waals surface area contributed by atoms with E-state index in [2.05, 4.69) is 15.0 Å². The number of imidazole rings is 1. The Kier molecular flexibility index (Phi) is 2.90. The quantitative estimate of drug-likeness (QED) is 0.616. The Hall–Kier alpha value is -2.73. The maximum Gasteiger partial charge on any atom is 0.224 e. The van der Waals surface area contributed by atoms with Crippen molar-refractivity contribution in [3.63, 3.8) is 0 Å².